The van der Waals surface area contributed by atoms with E-state index in [1.54, 1.807) is 15.7 Å². The molecule has 10 nitrogen and oxygen atoms in total. The molecule has 2 saturated heterocycles. The minimum absolute atomic E-state index is 0.0686. The summed E-state index contributed by atoms with van der Waals surface area (Å²) in [4.78, 5) is 36.7. The molecule has 0 bridgehead atoms. The number of fused-ring (bicyclic) bond motifs is 1. The average molecular weight is 521 g/mol. The molecule has 0 saturated carbocycles. The van der Waals surface area contributed by atoms with Crippen molar-refractivity contribution in [3.63, 3.8) is 0 Å². The lowest BCUT2D eigenvalue weighted by atomic mass is 10.0. The van der Waals surface area contributed by atoms with Gasteiger partial charge in [-0.25, -0.2) is 9.78 Å². The standard InChI is InChI=1S/C24H27F3N6O4/c1-31-7-6-16(13-31)36-17-11-20-21(29-12-17)30-23(35)33(20)14-4-8-32(9-5-14)22(34)18-3-2-15(10-19(18)28)37-24(25,26)27/h2-3,10-12,14,16H,4-9,13,28H2,1H3,(H,29,30,35)/t16-/m1/s1. The smallest absolute Gasteiger partial charge is 0.487 e. The first kappa shape index (κ1) is 24.9. The molecule has 3 aromatic rings. The number of benzene rings is 1. The number of imidazole rings is 1. The van der Waals surface area contributed by atoms with E-state index >= 15 is 0 Å². The van der Waals surface area contributed by atoms with Crippen molar-refractivity contribution in [2.24, 2.45) is 0 Å². The predicted molar refractivity (Wildman–Crippen MR) is 129 cm³/mol. The van der Waals surface area contributed by atoms with Crippen LogP contribution >= 0.6 is 0 Å². The summed E-state index contributed by atoms with van der Waals surface area (Å²) in [5.74, 6) is -0.280. The SMILES string of the molecule is CN1CC[C@@H](Oc2cnc3[nH]c(=O)n(C4CCN(C(=O)c5ccc(OC(F)(F)F)cc5N)CC4)c3c2)C1. The van der Waals surface area contributed by atoms with Gasteiger partial charge in [0, 0.05) is 50.0 Å². The molecular formula is C24H27F3N6O4. The van der Waals surface area contributed by atoms with Gasteiger partial charge in [-0.1, -0.05) is 0 Å². The fourth-order valence-electron chi connectivity index (χ4n) is 5.03. The lowest BCUT2D eigenvalue weighted by Crippen LogP contribution is -2.40. The van der Waals surface area contributed by atoms with Crippen molar-refractivity contribution in [2.45, 2.75) is 37.8 Å². The molecule has 3 N–H and O–H groups in total. The Bertz CT molecular complexity index is 1360. The number of pyridine rings is 1. The van der Waals surface area contributed by atoms with Gasteiger partial charge in [-0.3, -0.25) is 14.3 Å². The van der Waals surface area contributed by atoms with Crippen molar-refractivity contribution < 1.29 is 27.4 Å². The number of ether oxygens (including phenoxy) is 2. The highest BCUT2D eigenvalue weighted by atomic mass is 19.4. The molecule has 1 atom stereocenters. The Labute approximate surface area is 209 Å². The summed E-state index contributed by atoms with van der Waals surface area (Å²) in [6, 6.07) is 4.92. The molecule has 37 heavy (non-hydrogen) atoms. The monoisotopic (exact) mass is 520 g/mol. The van der Waals surface area contributed by atoms with Crippen LogP contribution in [0.25, 0.3) is 11.2 Å². The van der Waals surface area contributed by atoms with E-state index in [2.05, 4.69) is 19.6 Å². The molecule has 1 aromatic carbocycles. The third-order valence-corrected chi connectivity index (χ3v) is 6.80. The molecule has 198 valence electrons. The molecule has 1 amide bonds. The summed E-state index contributed by atoms with van der Waals surface area (Å²) in [5, 5.41) is 0. The summed E-state index contributed by atoms with van der Waals surface area (Å²) in [7, 11) is 2.04. The number of alkyl halides is 3. The third-order valence-electron chi connectivity index (χ3n) is 6.80. The maximum atomic E-state index is 13.0. The number of hydrogen-bond acceptors (Lipinski definition) is 7. The quantitative estimate of drug-likeness (QED) is 0.497. The van der Waals surface area contributed by atoms with Gasteiger partial charge < -0.3 is 25.0 Å². The minimum Gasteiger partial charge on any atom is -0.487 e. The van der Waals surface area contributed by atoms with E-state index in [0.29, 0.717) is 42.8 Å². The second-order valence-corrected chi connectivity index (χ2v) is 9.45. The van der Waals surface area contributed by atoms with Crippen LogP contribution in [0.5, 0.6) is 11.5 Å². The number of H-pyrrole nitrogens is 1. The third kappa shape index (κ3) is 5.36. The van der Waals surface area contributed by atoms with Crippen LogP contribution in [0, 0.1) is 0 Å². The summed E-state index contributed by atoms with van der Waals surface area (Å²) in [6.07, 6.45) is -1.24. The van der Waals surface area contributed by atoms with Crippen LogP contribution in [0.4, 0.5) is 18.9 Å². The summed E-state index contributed by atoms with van der Waals surface area (Å²) >= 11 is 0. The fourth-order valence-corrected chi connectivity index (χ4v) is 5.03. The summed E-state index contributed by atoms with van der Waals surface area (Å²) < 4.78 is 49.0. The van der Waals surface area contributed by atoms with Crippen LogP contribution in [-0.4, -0.2) is 75.9 Å². The molecule has 4 heterocycles. The Kier molecular flexibility index (Phi) is 6.48. The molecule has 0 aliphatic carbocycles. The maximum absolute atomic E-state index is 13.0. The number of nitrogens with two attached hydrogens (primary N) is 1. The topological polar surface area (TPSA) is 119 Å². The number of nitrogens with one attached hydrogen (secondary N) is 1. The van der Waals surface area contributed by atoms with E-state index in [1.165, 1.54) is 6.07 Å². The second kappa shape index (κ2) is 9.61. The zero-order valence-electron chi connectivity index (χ0n) is 20.1. The average Bonchev–Trinajstić information content (AvgIpc) is 3.39. The van der Waals surface area contributed by atoms with Gasteiger partial charge in [-0.2, -0.15) is 0 Å². The number of aromatic amines is 1. The lowest BCUT2D eigenvalue weighted by Gasteiger charge is -2.32. The van der Waals surface area contributed by atoms with Crippen LogP contribution < -0.4 is 20.9 Å². The first-order valence-electron chi connectivity index (χ1n) is 12.0. The van der Waals surface area contributed by atoms with Gasteiger partial charge in [0.25, 0.3) is 5.91 Å². The number of anilines is 1. The van der Waals surface area contributed by atoms with Crippen LogP contribution in [0.2, 0.25) is 0 Å². The van der Waals surface area contributed by atoms with Crippen molar-refractivity contribution in [3.05, 3.63) is 46.5 Å². The van der Waals surface area contributed by atoms with E-state index in [9.17, 15) is 22.8 Å². The van der Waals surface area contributed by atoms with Crippen molar-refractivity contribution in [3.8, 4) is 11.5 Å². The largest absolute Gasteiger partial charge is 0.573 e. The number of nitrogen functional groups attached to an aromatic ring is 1. The fraction of sp³-hybridized carbons (Fsp3) is 0.458. The van der Waals surface area contributed by atoms with Crippen LogP contribution in [-0.2, 0) is 0 Å². The summed E-state index contributed by atoms with van der Waals surface area (Å²) in [6.45, 7) is 2.48. The van der Waals surface area contributed by atoms with E-state index in [1.807, 2.05) is 13.1 Å². The van der Waals surface area contributed by atoms with Gasteiger partial charge in [0.2, 0.25) is 0 Å². The van der Waals surface area contributed by atoms with Crippen molar-refractivity contribution >= 4 is 22.8 Å². The molecule has 2 aliphatic heterocycles. The molecule has 2 aliphatic rings. The van der Waals surface area contributed by atoms with E-state index in [-0.39, 0.29) is 35.0 Å². The van der Waals surface area contributed by atoms with Crippen LogP contribution in [0.3, 0.4) is 0 Å². The number of halogens is 3. The highest BCUT2D eigenvalue weighted by Crippen LogP contribution is 2.30. The number of carbonyl (C=O) groups is 1. The predicted octanol–water partition coefficient (Wildman–Crippen LogP) is 2.77. The first-order valence-corrected chi connectivity index (χ1v) is 12.0. The van der Waals surface area contributed by atoms with Gasteiger partial charge >= 0.3 is 12.1 Å². The molecule has 2 fully saturated rings. The first-order chi connectivity index (χ1) is 17.6. The zero-order chi connectivity index (χ0) is 26.3. The Hall–Kier alpha value is -3.74. The highest BCUT2D eigenvalue weighted by molar-refractivity contribution is 5.99. The number of hydrogen-bond donors (Lipinski definition) is 2. The van der Waals surface area contributed by atoms with Gasteiger partial charge in [0.05, 0.1) is 17.3 Å². The molecular weight excluding hydrogens is 493 g/mol. The highest BCUT2D eigenvalue weighted by Gasteiger charge is 2.32. The number of likely N-dealkylation sites (N-methyl/N-ethyl adjacent to an activating group) is 1. The Morgan fingerprint density at radius 3 is 2.54 bits per heavy atom. The normalized spacial score (nSPS) is 19.5. The Morgan fingerprint density at radius 1 is 1.14 bits per heavy atom. The number of amides is 1. The van der Waals surface area contributed by atoms with Gasteiger partial charge in [-0.05, 0) is 38.4 Å². The van der Waals surface area contributed by atoms with E-state index in [4.69, 9.17) is 10.5 Å². The van der Waals surface area contributed by atoms with Crippen molar-refractivity contribution in [1.29, 1.82) is 0 Å². The van der Waals surface area contributed by atoms with E-state index in [0.717, 1.165) is 31.6 Å². The van der Waals surface area contributed by atoms with E-state index < -0.39 is 12.1 Å². The Balaban J connectivity index is 1.28. The van der Waals surface area contributed by atoms with Crippen LogP contribution in [0.15, 0.2) is 35.3 Å². The Morgan fingerprint density at radius 2 is 1.89 bits per heavy atom. The molecule has 2 aromatic heterocycles. The second-order valence-electron chi connectivity index (χ2n) is 9.45. The number of rotatable bonds is 5. The molecule has 5 rings (SSSR count). The maximum Gasteiger partial charge on any atom is 0.573 e. The molecule has 0 spiro atoms. The van der Waals surface area contributed by atoms with Gasteiger partial charge in [0.1, 0.15) is 17.6 Å². The number of carbonyl (C=O) groups excluding carboxylic acids is 1. The minimum atomic E-state index is -4.85. The van der Waals surface area contributed by atoms with Crippen molar-refractivity contribution in [1.82, 2.24) is 24.3 Å². The number of aromatic nitrogens is 3. The number of nitrogens with zero attached hydrogens (tertiary/aromatic N) is 4. The summed E-state index contributed by atoms with van der Waals surface area (Å²) in [5.41, 5.74) is 6.67. The molecule has 0 radical (unpaired) electrons. The number of piperidine rings is 1. The van der Waals surface area contributed by atoms with Gasteiger partial charge in [-0.15, -0.1) is 13.2 Å². The molecule has 13 heteroatoms. The van der Waals surface area contributed by atoms with Crippen LogP contribution in [0.1, 0.15) is 35.7 Å². The van der Waals surface area contributed by atoms with Crippen molar-refractivity contribution in [2.75, 3.05) is 39.0 Å². The lowest BCUT2D eigenvalue weighted by molar-refractivity contribution is -0.274. The zero-order valence-corrected chi connectivity index (χ0v) is 20.1. The van der Waals surface area contributed by atoms with Gasteiger partial charge in [0.15, 0.2) is 5.65 Å². The molecule has 0 unspecified atom stereocenters. The number of likely N-dealkylation sites (tertiary alicyclic amines) is 2.